The molecule has 2 aromatic rings. The number of nitrogens with zero attached hydrogens (tertiary/aromatic N) is 4. The maximum absolute atomic E-state index is 13.1. The summed E-state index contributed by atoms with van der Waals surface area (Å²) in [7, 11) is 0. The largest absolute Gasteiger partial charge is 0.357 e. The Labute approximate surface area is 156 Å². The first-order chi connectivity index (χ1) is 12.6. The van der Waals surface area contributed by atoms with Gasteiger partial charge in [0.05, 0.1) is 0 Å². The zero-order valence-corrected chi connectivity index (χ0v) is 15.8. The first-order valence-electron chi connectivity index (χ1n) is 9.57. The summed E-state index contributed by atoms with van der Waals surface area (Å²) in [5, 5.41) is 0. The van der Waals surface area contributed by atoms with E-state index >= 15 is 0 Å². The van der Waals surface area contributed by atoms with Crippen LogP contribution in [0.5, 0.6) is 0 Å². The van der Waals surface area contributed by atoms with Crippen LogP contribution in [-0.2, 0) is 6.54 Å². The van der Waals surface area contributed by atoms with Gasteiger partial charge in [0.2, 0.25) is 0 Å². The molecule has 1 saturated heterocycles. The molecule has 0 atom stereocenters. The fraction of sp³-hybridized carbons (Fsp3) is 0.476. The van der Waals surface area contributed by atoms with E-state index in [0.717, 1.165) is 24.5 Å². The van der Waals surface area contributed by atoms with Gasteiger partial charge in [-0.15, -0.1) is 0 Å². The second-order valence-electron chi connectivity index (χ2n) is 7.18. The summed E-state index contributed by atoms with van der Waals surface area (Å²) >= 11 is 0. The molecular formula is C21H28N4O. The van der Waals surface area contributed by atoms with Crippen molar-refractivity contribution in [3.63, 3.8) is 0 Å². The monoisotopic (exact) mass is 352 g/mol. The molecule has 0 aliphatic carbocycles. The molecular weight excluding hydrogens is 324 g/mol. The van der Waals surface area contributed by atoms with Crippen molar-refractivity contribution in [3.05, 3.63) is 54.0 Å². The van der Waals surface area contributed by atoms with Gasteiger partial charge in [-0.1, -0.05) is 43.2 Å². The predicted octanol–water partition coefficient (Wildman–Crippen LogP) is 3.91. The first kappa shape index (κ1) is 18.4. The lowest BCUT2D eigenvalue weighted by Crippen LogP contribution is -2.37. The minimum atomic E-state index is -0.0395. The standard InChI is InChI=1S/C21H28N4O/c1-17(2)25(15-18-10-6-5-7-11-18)21(26)19-14-20(23-16-22-19)24-12-8-3-4-9-13-24/h5-7,10-11,14,16-17H,3-4,8-9,12-13,15H2,1-2H3. The van der Waals surface area contributed by atoms with Gasteiger partial charge in [-0.2, -0.15) is 0 Å². The highest BCUT2D eigenvalue weighted by Gasteiger charge is 2.22. The van der Waals surface area contributed by atoms with Gasteiger partial charge in [0.15, 0.2) is 0 Å². The number of rotatable bonds is 5. The van der Waals surface area contributed by atoms with E-state index in [9.17, 15) is 4.79 Å². The lowest BCUT2D eigenvalue weighted by molar-refractivity contribution is 0.0684. The Kier molecular flexibility index (Phi) is 6.21. The zero-order valence-electron chi connectivity index (χ0n) is 15.8. The van der Waals surface area contributed by atoms with Crippen LogP contribution < -0.4 is 4.90 Å². The molecule has 1 amide bonds. The topological polar surface area (TPSA) is 49.3 Å². The number of aromatic nitrogens is 2. The number of amides is 1. The summed E-state index contributed by atoms with van der Waals surface area (Å²) in [5.74, 6) is 0.830. The Morgan fingerprint density at radius 1 is 1.08 bits per heavy atom. The van der Waals surface area contributed by atoms with Crippen molar-refractivity contribution in [2.45, 2.75) is 52.1 Å². The van der Waals surface area contributed by atoms with Crippen molar-refractivity contribution < 1.29 is 4.79 Å². The van der Waals surface area contributed by atoms with E-state index in [1.165, 1.54) is 32.0 Å². The maximum atomic E-state index is 13.1. The van der Waals surface area contributed by atoms with Gasteiger partial charge < -0.3 is 9.80 Å². The highest BCUT2D eigenvalue weighted by Crippen LogP contribution is 2.19. The molecule has 138 valence electrons. The van der Waals surface area contributed by atoms with E-state index in [1.54, 1.807) is 0 Å². The van der Waals surface area contributed by atoms with Crippen molar-refractivity contribution in [2.75, 3.05) is 18.0 Å². The van der Waals surface area contributed by atoms with Crippen LogP contribution in [0, 0.1) is 0 Å². The molecule has 5 heteroatoms. The molecule has 2 heterocycles. The molecule has 0 saturated carbocycles. The summed E-state index contributed by atoms with van der Waals surface area (Å²) in [6, 6.07) is 12.0. The van der Waals surface area contributed by atoms with Gasteiger partial charge in [0.25, 0.3) is 5.91 Å². The van der Waals surface area contributed by atoms with Crippen LogP contribution in [0.3, 0.4) is 0 Å². The number of anilines is 1. The Hall–Kier alpha value is -2.43. The maximum Gasteiger partial charge on any atom is 0.273 e. The normalized spacial score (nSPS) is 15.0. The third-order valence-corrected chi connectivity index (χ3v) is 4.88. The van der Waals surface area contributed by atoms with Gasteiger partial charge in [-0.3, -0.25) is 4.79 Å². The van der Waals surface area contributed by atoms with E-state index < -0.39 is 0 Å². The summed E-state index contributed by atoms with van der Waals surface area (Å²) in [4.78, 5) is 25.9. The van der Waals surface area contributed by atoms with Crippen LogP contribution in [0.4, 0.5) is 5.82 Å². The van der Waals surface area contributed by atoms with E-state index in [-0.39, 0.29) is 11.9 Å². The van der Waals surface area contributed by atoms with Crippen molar-refractivity contribution in [1.82, 2.24) is 14.9 Å². The molecule has 1 aliphatic heterocycles. The Bertz CT molecular complexity index is 709. The van der Waals surface area contributed by atoms with E-state index in [1.807, 2.05) is 55.1 Å². The number of hydrogen-bond acceptors (Lipinski definition) is 4. The molecule has 26 heavy (non-hydrogen) atoms. The zero-order chi connectivity index (χ0) is 18.4. The number of carbonyl (C=O) groups excluding carboxylic acids is 1. The molecule has 0 bridgehead atoms. The highest BCUT2D eigenvalue weighted by molar-refractivity contribution is 5.93. The smallest absolute Gasteiger partial charge is 0.273 e. The lowest BCUT2D eigenvalue weighted by atomic mass is 10.1. The summed E-state index contributed by atoms with van der Waals surface area (Å²) in [5.41, 5.74) is 1.60. The van der Waals surface area contributed by atoms with E-state index in [0.29, 0.717) is 12.2 Å². The Morgan fingerprint density at radius 2 is 1.77 bits per heavy atom. The Morgan fingerprint density at radius 3 is 2.42 bits per heavy atom. The minimum absolute atomic E-state index is 0.0395. The second kappa shape index (κ2) is 8.79. The van der Waals surface area contributed by atoms with Crippen LogP contribution in [0.1, 0.15) is 55.6 Å². The molecule has 1 aliphatic rings. The average Bonchev–Trinajstić information content (AvgIpc) is 2.96. The van der Waals surface area contributed by atoms with Gasteiger partial charge in [-0.05, 0) is 32.3 Å². The fourth-order valence-electron chi connectivity index (χ4n) is 3.35. The number of hydrogen-bond donors (Lipinski definition) is 0. The summed E-state index contributed by atoms with van der Waals surface area (Å²) in [6.07, 6.45) is 6.42. The van der Waals surface area contributed by atoms with Crippen molar-refractivity contribution in [1.29, 1.82) is 0 Å². The fourth-order valence-corrected chi connectivity index (χ4v) is 3.35. The summed E-state index contributed by atoms with van der Waals surface area (Å²) in [6.45, 7) is 6.67. The third-order valence-electron chi connectivity index (χ3n) is 4.88. The molecule has 1 aromatic carbocycles. The van der Waals surface area contributed by atoms with Crippen molar-refractivity contribution >= 4 is 11.7 Å². The highest BCUT2D eigenvalue weighted by atomic mass is 16.2. The minimum Gasteiger partial charge on any atom is -0.357 e. The lowest BCUT2D eigenvalue weighted by Gasteiger charge is -2.27. The predicted molar refractivity (Wildman–Crippen MR) is 104 cm³/mol. The first-order valence-corrected chi connectivity index (χ1v) is 9.57. The van der Waals surface area contributed by atoms with E-state index in [4.69, 9.17) is 0 Å². The second-order valence-corrected chi connectivity index (χ2v) is 7.18. The van der Waals surface area contributed by atoms with Crippen molar-refractivity contribution in [2.24, 2.45) is 0 Å². The van der Waals surface area contributed by atoms with Crippen LogP contribution >= 0.6 is 0 Å². The molecule has 5 nitrogen and oxygen atoms in total. The molecule has 3 rings (SSSR count). The number of carbonyl (C=O) groups is 1. The molecule has 0 unspecified atom stereocenters. The number of benzene rings is 1. The van der Waals surface area contributed by atoms with E-state index in [2.05, 4.69) is 14.9 Å². The molecule has 1 fully saturated rings. The summed E-state index contributed by atoms with van der Waals surface area (Å²) < 4.78 is 0. The molecule has 0 N–H and O–H groups in total. The quantitative estimate of drug-likeness (QED) is 0.819. The van der Waals surface area contributed by atoms with Gasteiger partial charge in [-0.25, -0.2) is 9.97 Å². The average molecular weight is 352 g/mol. The van der Waals surface area contributed by atoms with Gasteiger partial charge in [0, 0.05) is 31.7 Å². The Balaban J connectivity index is 1.79. The molecule has 0 radical (unpaired) electrons. The SMILES string of the molecule is CC(C)N(Cc1ccccc1)C(=O)c1cc(N2CCCCCC2)ncn1. The van der Waals surface area contributed by atoms with Gasteiger partial charge >= 0.3 is 0 Å². The van der Waals surface area contributed by atoms with Crippen LogP contribution in [0.2, 0.25) is 0 Å². The van der Waals surface area contributed by atoms with Crippen LogP contribution in [0.15, 0.2) is 42.7 Å². The third kappa shape index (κ3) is 4.59. The molecule has 0 spiro atoms. The molecule has 1 aromatic heterocycles. The van der Waals surface area contributed by atoms with Crippen molar-refractivity contribution in [3.8, 4) is 0 Å². The van der Waals surface area contributed by atoms with Crippen LogP contribution in [0.25, 0.3) is 0 Å². The van der Waals surface area contributed by atoms with Crippen LogP contribution in [-0.4, -0.2) is 39.9 Å². The van der Waals surface area contributed by atoms with Gasteiger partial charge in [0.1, 0.15) is 17.8 Å².